The Morgan fingerprint density at radius 1 is 0.966 bits per heavy atom. The van der Waals surface area contributed by atoms with E-state index in [9.17, 15) is 9.59 Å². The third-order valence-corrected chi connectivity index (χ3v) is 5.22. The van der Waals surface area contributed by atoms with E-state index >= 15 is 0 Å². The number of rotatable bonds is 6. The van der Waals surface area contributed by atoms with Crippen molar-refractivity contribution in [2.45, 2.75) is 39.7 Å². The molecule has 0 aliphatic heterocycles. The van der Waals surface area contributed by atoms with Gasteiger partial charge in [-0.15, -0.1) is 0 Å². The van der Waals surface area contributed by atoms with Crippen LogP contribution in [0, 0.1) is 13.8 Å². The number of aromatic nitrogens is 1. The molecule has 3 rings (SSSR count). The summed E-state index contributed by atoms with van der Waals surface area (Å²) in [4.78, 5) is 25.6. The van der Waals surface area contributed by atoms with Gasteiger partial charge in [0.2, 0.25) is 0 Å². The van der Waals surface area contributed by atoms with Gasteiger partial charge in [-0.3, -0.25) is 9.59 Å². The molecule has 0 spiro atoms. The first-order chi connectivity index (χ1) is 13.8. The molecule has 4 heteroatoms. The molecule has 0 unspecified atom stereocenters. The third kappa shape index (κ3) is 5.02. The zero-order valence-electron chi connectivity index (χ0n) is 17.5. The molecule has 3 aromatic rings. The summed E-state index contributed by atoms with van der Waals surface area (Å²) in [7, 11) is 0. The van der Waals surface area contributed by atoms with E-state index in [0.717, 1.165) is 16.7 Å². The molecular formula is C25H28N2O2. The van der Waals surface area contributed by atoms with E-state index in [4.69, 9.17) is 0 Å². The van der Waals surface area contributed by atoms with Gasteiger partial charge in [0.1, 0.15) is 5.56 Å². The molecule has 0 radical (unpaired) electrons. The minimum atomic E-state index is -0.339. The van der Waals surface area contributed by atoms with Gasteiger partial charge >= 0.3 is 0 Å². The number of carbonyl (C=O) groups excluding carboxylic acids is 1. The van der Waals surface area contributed by atoms with Crippen LogP contribution in [-0.2, 0) is 12.0 Å². The fourth-order valence-corrected chi connectivity index (χ4v) is 3.34. The van der Waals surface area contributed by atoms with Crippen molar-refractivity contribution in [1.29, 1.82) is 0 Å². The number of nitrogens with one attached hydrogen (secondary N) is 1. The number of hydrogen-bond donors (Lipinski definition) is 1. The van der Waals surface area contributed by atoms with E-state index in [0.29, 0.717) is 13.1 Å². The van der Waals surface area contributed by atoms with Crippen molar-refractivity contribution in [3.8, 4) is 0 Å². The fraction of sp³-hybridized carbons (Fsp3) is 0.280. The SMILES string of the molecule is Cc1ccc(C(C)(C)CNC(=O)c2cccn(Cc3cccc(C)c3)c2=O)cc1. The molecule has 0 fully saturated rings. The molecule has 0 saturated carbocycles. The summed E-state index contributed by atoms with van der Waals surface area (Å²) in [5, 5.41) is 2.94. The molecule has 1 N–H and O–H groups in total. The van der Waals surface area contributed by atoms with Crippen molar-refractivity contribution in [3.63, 3.8) is 0 Å². The Hall–Kier alpha value is -3.14. The zero-order valence-corrected chi connectivity index (χ0v) is 17.5. The maximum absolute atomic E-state index is 12.8. The Kier molecular flexibility index (Phi) is 6.02. The maximum Gasteiger partial charge on any atom is 0.263 e. The molecule has 150 valence electrons. The van der Waals surface area contributed by atoms with Gasteiger partial charge in [0.25, 0.3) is 11.5 Å². The topological polar surface area (TPSA) is 51.1 Å². The monoisotopic (exact) mass is 388 g/mol. The van der Waals surface area contributed by atoms with Gasteiger partial charge in [-0.2, -0.15) is 0 Å². The summed E-state index contributed by atoms with van der Waals surface area (Å²) < 4.78 is 1.58. The highest BCUT2D eigenvalue weighted by Gasteiger charge is 2.22. The summed E-state index contributed by atoms with van der Waals surface area (Å²) >= 11 is 0. The average Bonchev–Trinajstić information content (AvgIpc) is 2.68. The smallest absolute Gasteiger partial charge is 0.263 e. The van der Waals surface area contributed by atoms with Crippen molar-refractivity contribution in [2.24, 2.45) is 0 Å². The molecule has 1 amide bonds. The van der Waals surface area contributed by atoms with E-state index in [1.165, 1.54) is 5.56 Å². The Morgan fingerprint density at radius 2 is 1.69 bits per heavy atom. The average molecular weight is 389 g/mol. The third-order valence-electron chi connectivity index (χ3n) is 5.22. The number of benzene rings is 2. The van der Waals surface area contributed by atoms with E-state index in [1.807, 2.05) is 31.2 Å². The first-order valence-electron chi connectivity index (χ1n) is 9.87. The van der Waals surface area contributed by atoms with Crippen LogP contribution < -0.4 is 10.9 Å². The summed E-state index contributed by atoms with van der Waals surface area (Å²) in [5.41, 5.74) is 4.17. The van der Waals surface area contributed by atoms with E-state index in [2.05, 4.69) is 50.4 Å². The van der Waals surface area contributed by atoms with Crippen LogP contribution in [-0.4, -0.2) is 17.0 Å². The largest absolute Gasteiger partial charge is 0.351 e. The van der Waals surface area contributed by atoms with Crippen LogP contribution in [0.2, 0.25) is 0 Å². The molecule has 29 heavy (non-hydrogen) atoms. The summed E-state index contributed by atoms with van der Waals surface area (Å²) in [6.07, 6.45) is 1.72. The first-order valence-corrected chi connectivity index (χ1v) is 9.87. The van der Waals surface area contributed by atoms with Gasteiger partial charge in [-0.25, -0.2) is 0 Å². The van der Waals surface area contributed by atoms with E-state index in [1.54, 1.807) is 22.9 Å². The molecule has 2 aromatic carbocycles. The second-order valence-electron chi connectivity index (χ2n) is 8.28. The highest BCUT2D eigenvalue weighted by Crippen LogP contribution is 2.22. The lowest BCUT2D eigenvalue weighted by Crippen LogP contribution is -2.39. The van der Waals surface area contributed by atoms with Crippen LogP contribution in [0.15, 0.2) is 71.7 Å². The van der Waals surface area contributed by atoms with Crippen molar-refractivity contribution in [3.05, 3.63) is 105 Å². The van der Waals surface area contributed by atoms with E-state index < -0.39 is 0 Å². The normalized spacial score (nSPS) is 11.3. The molecule has 0 aliphatic rings. The number of amides is 1. The van der Waals surface area contributed by atoms with Crippen LogP contribution in [0.1, 0.15) is 46.5 Å². The predicted octanol–water partition coefficient (Wildman–Crippen LogP) is 4.22. The minimum absolute atomic E-state index is 0.167. The lowest BCUT2D eigenvalue weighted by molar-refractivity contribution is 0.0943. The molecule has 1 aromatic heterocycles. The number of carbonyl (C=O) groups is 1. The quantitative estimate of drug-likeness (QED) is 0.687. The molecule has 0 bridgehead atoms. The van der Waals surface area contributed by atoms with Crippen LogP contribution in [0.3, 0.4) is 0 Å². The second kappa shape index (κ2) is 8.48. The van der Waals surface area contributed by atoms with Gasteiger partial charge in [0.05, 0.1) is 6.54 Å². The molecule has 0 atom stereocenters. The van der Waals surface area contributed by atoms with Gasteiger partial charge < -0.3 is 9.88 Å². The Bertz CT molecular complexity index is 1060. The van der Waals surface area contributed by atoms with Crippen molar-refractivity contribution in [2.75, 3.05) is 6.54 Å². The highest BCUT2D eigenvalue weighted by atomic mass is 16.2. The second-order valence-corrected chi connectivity index (χ2v) is 8.28. The van der Waals surface area contributed by atoms with Crippen LogP contribution >= 0.6 is 0 Å². The zero-order chi connectivity index (χ0) is 21.0. The molecule has 0 saturated heterocycles. The predicted molar refractivity (Wildman–Crippen MR) is 118 cm³/mol. The van der Waals surface area contributed by atoms with Gasteiger partial charge in [0, 0.05) is 18.2 Å². The lowest BCUT2D eigenvalue weighted by atomic mass is 9.84. The number of pyridine rings is 1. The molecule has 1 heterocycles. The molecule has 4 nitrogen and oxygen atoms in total. The van der Waals surface area contributed by atoms with Gasteiger partial charge in [-0.1, -0.05) is 73.5 Å². The van der Waals surface area contributed by atoms with Crippen molar-refractivity contribution < 1.29 is 4.79 Å². The molecule has 0 aliphatic carbocycles. The minimum Gasteiger partial charge on any atom is -0.351 e. The summed E-state index contributed by atoms with van der Waals surface area (Å²) in [5.74, 6) is -0.339. The summed E-state index contributed by atoms with van der Waals surface area (Å²) in [6.45, 7) is 9.12. The van der Waals surface area contributed by atoms with Crippen LogP contribution in [0.5, 0.6) is 0 Å². The molecular weight excluding hydrogens is 360 g/mol. The Balaban J connectivity index is 1.74. The number of hydrogen-bond acceptors (Lipinski definition) is 2. The van der Waals surface area contributed by atoms with Gasteiger partial charge in [-0.05, 0) is 37.1 Å². The number of nitrogens with zero attached hydrogens (tertiary/aromatic N) is 1. The maximum atomic E-state index is 12.8. The van der Waals surface area contributed by atoms with Crippen LogP contribution in [0.25, 0.3) is 0 Å². The van der Waals surface area contributed by atoms with E-state index in [-0.39, 0.29) is 22.4 Å². The first kappa shape index (κ1) is 20.6. The van der Waals surface area contributed by atoms with Gasteiger partial charge in [0.15, 0.2) is 0 Å². The summed E-state index contributed by atoms with van der Waals surface area (Å²) in [6, 6.07) is 19.7. The fourth-order valence-electron chi connectivity index (χ4n) is 3.34. The van der Waals surface area contributed by atoms with Crippen molar-refractivity contribution in [1.82, 2.24) is 9.88 Å². The Labute approximate surface area is 172 Å². The number of aryl methyl sites for hydroxylation is 2. The standard InChI is InChI=1S/C25H28N2O2/c1-18-10-12-21(13-11-18)25(3,4)17-26-23(28)22-9-6-14-27(24(22)29)16-20-8-5-7-19(2)15-20/h5-15H,16-17H2,1-4H3,(H,26,28). The Morgan fingerprint density at radius 3 is 2.38 bits per heavy atom. The lowest BCUT2D eigenvalue weighted by Gasteiger charge is -2.26. The van der Waals surface area contributed by atoms with Crippen LogP contribution in [0.4, 0.5) is 0 Å². The van der Waals surface area contributed by atoms with Crippen molar-refractivity contribution >= 4 is 5.91 Å². The highest BCUT2D eigenvalue weighted by molar-refractivity contribution is 5.93.